The van der Waals surface area contributed by atoms with Crippen molar-refractivity contribution in [3.05, 3.63) is 91.0 Å². The number of aliphatic carboxylic acids is 1. The summed E-state index contributed by atoms with van der Waals surface area (Å²) >= 11 is 0. The Balaban J connectivity index is 1.49. The molecule has 0 saturated heterocycles. The van der Waals surface area contributed by atoms with E-state index < -0.39 is 5.97 Å². The lowest BCUT2D eigenvalue weighted by Gasteiger charge is -2.22. The van der Waals surface area contributed by atoms with Crippen LogP contribution in [0, 0.1) is 0 Å². The molecule has 0 bridgehead atoms. The average molecular weight is 562 g/mol. The zero-order valence-electron chi connectivity index (χ0n) is 24.4. The molecular weight excluding hydrogens is 524 g/mol. The number of nitrogens with zero attached hydrogens (tertiary/aromatic N) is 6. The quantitative estimate of drug-likeness (QED) is 0.0962. The summed E-state index contributed by atoms with van der Waals surface area (Å²) in [6.07, 6.45) is 0.776. The molecule has 0 fully saturated rings. The van der Waals surface area contributed by atoms with Crippen molar-refractivity contribution in [3.63, 3.8) is 0 Å². The van der Waals surface area contributed by atoms with E-state index in [1.807, 2.05) is 60.7 Å². The number of carbonyl (C=O) groups is 1. The Morgan fingerprint density at radius 1 is 0.738 bits per heavy atom. The van der Waals surface area contributed by atoms with E-state index in [9.17, 15) is 4.79 Å². The molecular formula is C34H37N6O2+. The maximum Gasteiger partial charge on any atom is 0.303 e. The van der Waals surface area contributed by atoms with Gasteiger partial charge in [0.2, 0.25) is 16.7 Å². The first-order chi connectivity index (χ1) is 20.5. The second-order valence-corrected chi connectivity index (χ2v) is 10.1. The number of rotatable bonds is 12. The second kappa shape index (κ2) is 13.2. The maximum atomic E-state index is 10.9. The zero-order valence-corrected chi connectivity index (χ0v) is 24.4. The number of azo groups is 1. The molecule has 0 aliphatic rings. The third-order valence-electron chi connectivity index (χ3n) is 7.48. The van der Waals surface area contributed by atoms with Crippen molar-refractivity contribution in [3.8, 4) is 5.69 Å². The van der Waals surface area contributed by atoms with Gasteiger partial charge in [-0.2, -0.15) is 10.2 Å². The molecule has 1 N–H and O–H groups in total. The predicted molar refractivity (Wildman–Crippen MR) is 170 cm³/mol. The summed E-state index contributed by atoms with van der Waals surface area (Å²) in [4.78, 5) is 20.4. The highest BCUT2D eigenvalue weighted by Gasteiger charge is 2.21. The van der Waals surface area contributed by atoms with Crippen LogP contribution >= 0.6 is 0 Å². The molecule has 0 saturated carbocycles. The van der Waals surface area contributed by atoms with E-state index in [0.717, 1.165) is 64.5 Å². The van der Waals surface area contributed by atoms with Gasteiger partial charge in [-0.1, -0.05) is 18.2 Å². The topological polar surface area (TPSA) is 85.3 Å². The molecule has 5 rings (SSSR count). The third-order valence-corrected chi connectivity index (χ3v) is 7.48. The molecule has 0 atom stereocenters. The van der Waals surface area contributed by atoms with Gasteiger partial charge in [-0.3, -0.25) is 4.79 Å². The van der Waals surface area contributed by atoms with Crippen LogP contribution in [0.4, 0.5) is 22.7 Å². The molecule has 0 unspecified atom stereocenters. The molecule has 1 aromatic heterocycles. The van der Waals surface area contributed by atoms with Crippen LogP contribution in [-0.2, 0) is 4.79 Å². The fourth-order valence-corrected chi connectivity index (χ4v) is 5.27. The lowest BCUT2D eigenvalue weighted by molar-refractivity contribution is -0.538. The minimum Gasteiger partial charge on any atom is -0.481 e. The van der Waals surface area contributed by atoms with Crippen LogP contribution < -0.4 is 14.4 Å². The number of hydrogen-bond donors (Lipinski definition) is 1. The van der Waals surface area contributed by atoms with Crippen molar-refractivity contribution in [2.45, 2.75) is 33.6 Å². The minimum atomic E-state index is -0.766. The van der Waals surface area contributed by atoms with Crippen molar-refractivity contribution < 1.29 is 14.5 Å². The van der Waals surface area contributed by atoms with Gasteiger partial charge >= 0.3 is 5.97 Å². The normalized spacial score (nSPS) is 11.4. The molecule has 0 aliphatic heterocycles. The summed E-state index contributed by atoms with van der Waals surface area (Å²) < 4.78 is 2.25. The largest absolute Gasteiger partial charge is 0.481 e. The van der Waals surface area contributed by atoms with Gasteiger partial charge in [0.15, 0.2) is 0 Å². The van der Waals surface area contributed by atoms with Gasteiger partial charge in [0.05, 0.1) is 11.4 Å². The molecule has 4 aromatic carbocycles. The number of carboxylic acids is 1. The van der Waals surface area contributed by atoms with Gasteiger partial charge in [-0.15, -0.1) is 4.57 Å². The van der Waals surface area contributed by atoms with E-state index in [2.05, 4.69) is 75.7 Å². The molecule has 0 radical (unpaired) electrons. The van der Waals surface area contributed by atoms with E-state index in [1.165, 1.54) is 5.69 Å². The van der Waals surface area contributed by atoms with E-state index in [1.54, 1.807) is 0 Å². The standard InChI is InChI=1S/C34H36N6O2/c1-4-38(5-2)29-19-21-31-33(24-29)40(28-11-8-7-9-12-28)32-23-26(16-20-30(32)35-31)37-36-25-14-17-27(18-15-25)39(6-3)22-10-13-34(41)42/h7-9,11-12,14-21,23-24H,4-6,10,13,22H2,1-3H3/p+1. The van der Waals surface area contributed by atoms with Crippen LogP contribution in [0.2, 0.25) is 0 Å². The van der Waals surface area contributed by atoms with Crippen molar-refractivity contribution in [1.29, 1.82) is 0 Å². The van der Waals surface area contributed by atoms with E-state index >= 15 is 0 Å². The summed E-state index contributed by atoms with van der Waals surface area (Å²) in [7, 11) is 0. The van der Waals surface area contributed by atoms with Crippen molar-refractivity contribution in [2.24, 2.45) is 10.2 Å². The summed E-state index contributed by atoms with van der Waals surface area (Å²) in [6, 6.07) is 30.7. The molecule has 214 valence electrons. The van der Waals surface area contributed by atoms with Gasteiger partial charge < -0.3 is 14.9 Å². The van der Waals surface area contributed by atoms with Gasteiger partial charge in [-0.05, 0) is 75.7 Å². The molecule has 0 amide bonds. The Morgan fingerprint density at radius 2 is 1.33 bits per heavy atom. The predicted octanol–water partition coefficient (Wildman–Crippen LogP) is 7.62. The van der Waals surface area contributed by atoms with Crippen LogP contribution in [0.1, 0.15) is 33.6 Å². The number of fused-ring (bicyclic) bond motifs is 2. The van der Waals surface area contributed by atoms with E-state index in [-0.39, 0.29) is 6.42 Å². The average Bonchev–Trinajstić information content (AvgIpc) is 3.02. The zero-order chi connectivity index (χ0) is 29.5. The molecule has 1 heterocycles. The molecule has 8 nitrogen and oxygen atoms in total. The molecule has 42 heavy (non-hydrogen) atoms. The number of para-hydroxylation sites is 1. The Kier molecular flexibility index (Phi) is 9.02. The first kappa shape index (κ1) is 28.7. The van der Waals surface area contributed by atoms with Gasteiger partial charge in [0.1, 0.15) is 11.0 Å². The van der Waals surface area contributed by atoms with Crippen LogP contribution in [-0.4, -0.2) is 42.2 Å². The van der Waals surface area contributed by atoms with Gasteiger partial charge in [0.25, 0.3) is 0 Å². The summed E-state index contributed by atoms with van der Waals surface area (Å²) in [5.74, 6) is -0.766. The molecule has 5 aromatic rings. The Bertz CT molecular complexity index is 1700. The molecule has 0 aliphatic carbocycles. The van der Waals surface area contributed by atoms with Crippen molar-refractivity contribution >= 4 is 50.8 Å². The highest BCUT2D eigenvalue weighted by molar-refractivity contribution is 5.85. The van der Waals surface area contributed by atoms with Crippen molar-refractivity contribution in [2.75, 3.05) is 36.0 Å². The maximum absolute atomic E-state index is 10.9. The highest BCUT2D eigenvalue weighted by Crippen LogP contribution is 2.27. The number of benzene rings is 4. The molecule has 0 spiro atoms. The van der Waals surface area contributed by atoms with Crippen molar-refractivity contribution in [1.82, 2.24) is 4.98 Å². The fraction of sp³-hybridized carbons (Fsp3) is 0.265. The Hall–Kier alpha value is -4.85. The Labute approximate surface area is 246 Å². The number of carboxylic acid groups (broad SMARTS) is 1. The highest BCUT2D eigenvalue weighted by atomic mass is 16.4. The first-order valence-corrected chi connectivity index (χ1v) is 14.6. The summed E-state index contributed by atoms with van der Waals surface area (Å²) in [5, 5.41) is 18.0. The number of anilines is 2. The molecule has 8 heteroatoms. The second-order valence-electron chi connectivity index (χ2n) is 10.1. The van der Waals surface area contributed by atoms with E-state index in [4.69, 9.17) is 10.1 Å². The monoisotopic (exact) mass is 561 g/mol. The third kappa shape index (κ3) is 6.38. The minimum absolute atomic E-state index is 0.168. The van der Waals surface area contributed by atoms with E-state index in [0.29, 0.717) is 13.0 Å². The lowest BCUT2D eigenvalue weighted by atomic mass is 10.1. The van der Waals surface area contributed by atoms with Gasteiger partial charge in [-0.25, -0.2) is 4.98 Å². The summed E-state index contributed by atoms with van der Waals surface area (Å²) in [6.45, 7) is 9.77. The van der Waals surface area contributed by atoms with Crippen LogP contribution in [0.5, 0.6) is 0 Å². The number of aromatic nitrogens is 2. The smallest absolute Gasteiger partial charge is 0.303 e. The fourth-order valence-electron chi connectivity index (χ4n) is 5.27. The summed E-state index contributed by atoms with van der Waals surface area (Å²) in [5.41, 5.74) is 8.55. The number of hydrogen-bond acceptors (Lipinski definition) is 6. The van der Waals surface area contributed by atoms with Crippen LogP contribution in [0.15, 0.2) is 101 Å². The van der Waals surface area contributed by atoms with Crippen LogP contribution in [0.3, 0.4) is 0 Å². The SMILES string of the molecule is CCN(CC)c1ccc2nc3ccc(N=Nc4ccc(N(CC)CCCC(=O)O)cc4)cc3[n+](-c3ccccc3)c2c1. The lowest BCUT2D eigenvalue weighted by Crippen LogP contribution is -2.33. The Morgan fingerprint density at radius 3 is 2.00 bits per heavy atom. The van der Waals surface area contributed by atoms with Gasteiger partial charge in [0, 0.05) is 68.2 Å². The van der Waals surface area contributed by atoms with Crippen LogP contribution in [0.25, 0.3) is 27.8 Å². The first-order valence-electron chi connectivity index (χ1n) is 14.6.